The van der Waals surface area contributed by atoms with Crippen LogP contribution in [0.2, 0.25) is 0 Å². The first-order valence-electron chi connectivity index (χ1n) is 7.62. The van der Waals surface area contributed by atoms with Crippen LogP contribution in [0.1, 0.15) is 47.1 Å². The standard InChI is InChI=1S/C19H22N2O3/c1-19(2,3)14-8-5-12(6-9-14)17(22)21-16-11-13(18(23)24-4)7-10-15(16)20/h5-11H,20H2,1-4H3,(H,21,22). The fraction of sp³-hybridized carbons (Fsp3) is 0.263. The Labute approximate surface area is 141 Å². The molecule has 0 aliphatic rings. The summed E-state index contributed by atoms with van der Waals surface area (Å²) >= 11 is 0. The topological polar surface area (TPSA) is 81.4 Å². The Balaban J connectivity index is 2.22. The lowest BCUT2D eigenvalue weighted by atomic mass is 9.87. The van der Waals surface area contributed by atoms with Crippen LogP contribution in [0, 0.1) is 0 Å². The molecule has 0 radical (unpaired) electrons. The second-order valence-corrected chi connectivity index (χ2v) is 6.58. The second-order valence-electron chi connectivity index (χ2n) is 6.58. The minimum atomic E-state index is -0.486. The third-order valence-electron chi connectivity index (χ3n) is 3.74. The number of hydrogen-bond donors (Lipinski definition) is 2. The van der Waals surface area contributed by atoms with Gasteiger partial charge < -0.3 is 15.8 Å². The van der Waals surface area contributed by atoms with Gasteiger partial charge in [-0.15, -0.1) is 0 Å². The molecule has 0 aromatic heterocycles. The van der Waals surface area contributed by atoms with E-state index in [4.69, 9.17) is 5.73 Å². The van der Waals surface area contributed by atoms with E-state index < -0.39 is 5.97 Å². The number of rotatable bonds is 3. The molecule has 0 saturated carbocycles. The maximum absolute atomic E-state index is 12.4. The molecule has 0 spiro atoms. The lowest BCUT2D eigenvalue weighted by molar-refractivity contribution is 0.0600. The Bertz CT molecular complexity index is 759. The molecule has 0 fully saturated rings. The number of carbonyl (C=O) groups is 2. The Hall–Kier alpha value is -2.82. The Morgan fingerprint density at radius 3 is 2.12 bits per heavy atom. The monoisotopic (exact) mass is 326 g/mol. The molecule has 0 bridgehead atoms. The van der Waals surface area contributed by atoms with Gasteiger partial charge in [0.1, 0.15) is 0 Å². The average Bonchev–Trinajstić information content (AvgIpc) is 2.55. The molecule has 0 aliphatic heterocycles. The second kappa shape index (κ2) is 6.74. The highest BCUT2D eigenvalue weighted by Crippen LogP contribution is 2.24. The minimum Gasteiger partial charge on any atom is -0.465 e. The van der Waals surface area contributed by atoms with Gasteiger partial charge in [-0.05, 0) is 41.3 Å². The zero-order valence-corrected chi connectivity index (χ0v) is 14.3. The first-order valence-corrected chi connectivity index (χ1v) is 7.62. The largest absolute Gasteiger partial charge is 0.465 e. The van der Waals surface area contributed by atoms with Gasteiger partial charge in [-0.1, -0.05) is 32.9 Å². The van der Waals surface area contributed by atoms with Crippen LogP contribution < -0.4 is 11.1 Å². The van der Waals surface area contributed by atoms with Crippen LogP contribution in [0.3, 0.4) is 0 Å². The molecule has 1 amide bonds. The molecule has 24 heavy (non-hydrogen) atoms. The van der Waals surface area contributed by atoms with E-state index in [1.54, 1.807) is 24.3 Å². The molecule has 0 saturated heterocycles. The Morgan fingerprint density at radius 2 is 1.58 bits per heavy atom. The summed E-state index contributed by atoms with van der Waals surface area (Å²) in [6.45, 7) is 6.34. The van der Waals surface area contributed by atoms with Crippen molar-refractivity contribution in [2.45, 2.75) is 26.2 Å². The molecule has 3 N–H and O–H groups in total. The van der Waals surface area contributed by atoms with Crippen molar-refractivity contribution < 1.29 is 14.3 Å². The summed E-state index contributed by atoms with van der Waals surface area (Å²) in [6, 6.07) is 12.0. The van der Waals surface area contributed by atoms with Crippen molar-refractivity contribution in [3.8, 4) is 0 Å². The summed E-state index contributed by atoms with van der Waals surface area (Å²) in [6.07, 6.45) is 0. The normalized spacial score (nSPS) is 11.0. The molecule has 2 aromatic rings. The number of esters is 1. The third kappa shape index (κ3) is 3.93. The number of benzene rings is 2. The van der Waals surface area contributed by atoms with Gasteiger partial charge in [0.25, 0.3) is 5.91 Å². The van der Waals surface area contributed by atoms with Crippen LogP contribution in [0.25, 0.3) is 0 Å². The highest BCUT2D eigenvalue weighted by molar-refractivity contribution is 6.06. The number of nitrogens with two attached hydrogens (primary N) is 1. The first-order chi connectivity index (χ1) is 11.2. The van der Waals surface area contributed by atoms with E-state index >= 15 is 0 Å². The molecule has 2 aromatic carbocycles. The van der Waals surface area contributed by atoms with Crippen LogP contribution in [-0.2, 0) is 10.2 Å². The van der Waals surface area contributed by atoms with Gasteiger partial charge in [0.15, 0.2) is 0 Å². The maximum atomic E-state index is 12.4. The first kappa shape index (κ1) is 17.5. The number of ether oxygens (including phenoxy) is 1. The molecule has 0 aliphatic carbocycles. The van der Waals surface area contributed by atoms with Gasteiger partial charge in [-0.2, -0.15) is 0 Å². The lowest BCUT2D eigenvalue weighted by Gasteiger charge is -2.19. The number of nitrogen functional groups attached to an aromatic ring is 1. The van der Waals surface area contributed by atoms with Crippen LogP contribution in [0.15, 0.2) is 42.5 Å². The van der Waals surface area contributed by atoms with Crippen molar-refractivity contribution in [1.82, 2.24) is 0 Å². The summed E-state index contributed by atoms with van der Waals surface area (Å²) in [4.78, 5) is 24.0. The van der Waals surface area contributed by atoms with E-state index in [-0.39, 0.29) is 11.3 Å². The van der Waals surface area contributed by atoms with Crippen LogP contribution in [0.5, 0.6) is 0 Å². The summed E-state index contributed by atoms with van der Waals surface area (Å²) in [5.41, 5.74) is 8.64. The molecular weight excluding hydrogens is 304 g/mol. The van der Waals surface area contributed by atoms with Crippen molar-refractivity contribution in [2.24, 2.45) is 0 Å². The fourth-order valence-corrected chi connectivity index (χ4v) is 2.23. The summed E-state index contributed by atoms with van der Waals surface area (Å²) < 4.78 is 4.67. The molecule has 0 heterocycles. The average molecular weight is 326 g/mol. The number of methoxy groups -OCH3 is 1. The zero-order chi connectivity index (χ0) is 17.9. The summed E-state index contributed by atoms with van der Waals surface area (Å²) in [5.74, 6) is -0.774. The zero-order valence-electron chi connectivity index (χ0n) is 14.3. The van der Waals surface area contributed by atoms with Gasteiger partial charge in [0.2, 0.25) is 0 Å². The van der Waals surface area contributed by atoms with Crippen molar-refractivity contribution in [3.05, 3.63) is 59.2 Å². The molecular formula is C19H22N2O3. The van der Waals surface area contributed by atoms with Crippen LogP contribution in [0.4, 0.5) is 11.4 Å². The van der Waals surface area contributed by atoms with E-state index in [9.17, 15) is 9.59 Å². The molecule has 2 rings (SSSR count). The molecule has 0 unspecified atom stereocenters. The van der Waals surface area contributed by atoms with Crippen LogP contribution >= 0.6 is 0 Å². The third-order valence-corrected chi connectivity index (χ3v) is 3.74. The van der Waals surface area contributed by atoms with E-state index in [2.05, 4.69) is 30.8 Å². The van der Waals surface area contributed by atoms with Crippen molar-refractivity contribution in [1.29, 1.82) is 0 Å². The number of carbonyl (C=O) groups excluding carboxylic acids is 2. The van der Waals surface area contributed by atoms with E-state index in [1.807, 2.05) is 12.1 Å². The minimum absolute atomic E-state index is 0.0221. The van der Waals surface area contributed by atoms with E-state index in [0.29, 0.717) is 22.5 Å². The van der Waals surface area contributed by atoms with Crippen LogP contribution in [-0.4, -0.2) is 19.0 Å². The fourth-order valence-electron chi connectivity index (χ4n) is 2.23. The Morgan fingerprint density at radius 1 is 1.00 bits per heavy atom. The SMILES string of the molecule is COC(=O)c1ccc(N)c(NC(=O)c2ccc(C(C)(C)C)cc2)c1. The van der Waals surface area contributed by atoms with Gasteiger partial charge in [0.05, 0.1) is 24.0 Å². The maximum Gasteiger partial charge on any atom is 0.337 e. The smallest absolute Gasteiger partial charge is 0.337 e. The van der Waals surface area contributed by atoms with Gasteiger partial charge >= 0.3 is 5.97 Å². The lowest BCUT2D eigenvalue weighted by Crippen LogP contribution is -2.15. The quantitative estimate of drug-likeness (QED) is 0.667. The van der Waals surface area contributed by atoms with Gasteiger partial charge in [0, 0.05) is 5.56 Å². The summed E-state index contributed by atoms with van der Waals surface area (Å²) in [5, 5.41) is 2.73. The van der Waals surface area contributed by atoms with Crippen molar-refractivity contribution in [2.75, 3.05) is 18.2 Å². The van der Waals surface area contributed by atoms with Crippen molar-refractivity contribution in [3.63, 3.8) is 0 Å². The number of anilines is 2. The molecule has 5 nitrogen and oxygen atoms in total. The molecule has 126 valence electrons. The highest BCUT2D eigenvalue weighted by Gasteiger charge is 2.15. The van der Waals surface area contributed by atoms with Gasteiger partial charge in [-0.25, -0.2) is 4.79 Å². The Kier molecular flexibility index (Phi) is 4.93. The number of amides is 1. The van der Waals surface area contributed by atoms with Crippen molar-refractivity contribution >= 4 is 23.3 Å². The highest BCUT2D eigenvalue weighted by atomic mass is 16.5. The predicted octanol–water partition coefficient (Wildman–Crippen LogP) is 3.61. The number of nitrogens with one attached hydrogen (secondary N) is 1. The predicted molar refractivity (Wildman–Crippen MR) is 95.3 cm³/mol. The van der Waals surface area contributed by atoms with E-state index in [1.165, 1.54) is 13.2 Å². The van der Waals surface area contributed by atoms with E-state index in [0.717, 1.165) is 5.56 Å². The number of hydrogen-bond acceptors (Lipinski definition) is 4. The molecule has 0 atom stereocenters. The molecule has 5 heteroatoms. The summed E-state index contributed by atoms with van der Waals surface area (Å²) in [7, 11) is 1.30. The van der Waals surface area contributed by atoms with Gasteiger partial charge in [-0.3, -0.25) is 4.79 Å².